The molecule has 1 aromatic carbocycles. The lowest BCUT2D eigenvalue weighted by molar-refractivity contribution is -0.137. The molecule has 128 valence electrons. The van der Waals surface area contributed by atoms with E-state index in [2.05, 4.69) is 20.8 Å². The average Bonchev–Trinajstić information content (AvgIpc) is 2.48. The Bertz CT molecular complexity index is 732. The van der Waals surface area contributed by atoms with E-state index in [4.69, 9.17) is 11.6 Å². The summed E-state index contributed by atoms with van der Waals surface area (Å²) in [6.45, 7) is 3.84. The van der Waals surface area contributed by atoms with Crippen LogP contribution in [0.2, 0.25) is 5.02 Å². The predicted octanol–water partition coefficient (Wildman–Crippen LogP) is 4.22. The smallest absolute Gasteiger partial charge is 0.366 e. The molecule has 2 N–H and O–H groups in total. The second-order valence-electron chi connectivity index (χ2n) is 5.25. The molecule has 9 heteroatoms. The van der Waals surface area contributed by atoms with Gasteiger partial charge in [-0.3, -0.25) is 4.79 Å². The molecular weight excluding hydrogens is 345 g/mol. The van der Waals surface area contributed by atoms with Crippen LogP contribution in [0, 0.1) is 0 Å². The van der Waals surface area contributed by atoms with Gasteiger partial charge >= 0.3 is 6.18 Å². The summed E-state index contributed by atoms with van der Waals surface area (Å²) in [6, 6.07) is 6.24. The molecule has 0 saturated carbocycles. The van der Waals surface area contributed by atoms with Crippen molar-refractivity contribution in [1.29, 1.82) is 0 Å². The zero-order chi connectivity index (χ0) is 17.9. The number of anilines is 2. The summed E-state index contributed by atoms with van der Waals surface area (Å²) in [5.41, 5.74) is -1.08. The van der Waals surface area contributed by atoms with Gasteiger partial charge in [0.1, 0.15) is 5.82 Å². The van der Waals surface area contributed by atoms with Crippen molar-refractivity contribution in [1.82, 2.24) is 10.2 Å². The Balaban J connectivity index is 2.15. The van der Waals surface area contributed by atoms with E-state index in [9.17, 15) is 18.0 Å². The minimum Gasteiger partial charge on any atom is -0.366 e. The first-order valence-electron chi connectivity index (χ1n) is 6.95. The number of hydrogen-bond donors (Lipinski definition) is 2. The quantitative estimate of drug-likeness (QED) is 0.858. The molecule has 1 amide bonds. The normalized spacial score (nSPS) is 11.5. The monoisotopic (exact) mass is 358 g/mol. The molecule has 0 bridgehead atoms. The van der Waals surface area contributed by atoms with Gasteiger partial charge in [0.15, 0.2) is 5.69 Å². The number of amides is 1. The van der Waals surface area contributed by atoms with E-state index in [0.29, 0.717) is 5.82 Å². The van der Waals surface area contributed by atoms with Gasteiger partial charge in [-0.25, -0.2) is 0 Å². The maximum atomic E-state index is 12.8. The molecule has 1 aromatic heterocycles. The van der Waals surface area contributed by atoms with E-state index < -0.39 is 22.7 Å². The third-order valence-corrected chi connectivity index (χ3v) is 3.19. The van der Waals surface area contributed by atoms with Crippen LogP contribution in [0.5, 0.6) is 0 Å². The standard InChI is InChI=1S/C15H14ClF3N4O/c1-8(2)20-13-6-5-12(22-23-13)14(24)21-9-3-4-11(16)10(7-9)15(17,18)19/h3-8H,1-2H3,(H,20,23)(H,21,24). The summed E-state index contributed by atoms with van der Waals surface area (Å²) < 4.78 is 38.4. The lowest BCUT2D eigenvalue weighted by Gasteiger charge is -2.12. The maximum absolute atomic E-state index is 12.8. The van der Waals surface area contributed by atoms with Gasteiger partial charge in [0, 0.05) is 11.7 Å². The first-order chi connectivity index (χ1) is 11.2. The second kappa shape index (κ2) is 7.04. The summed E-state index contributed by atoms with van der Waals surface area (Å²) >= 11 is 5.53. The van der Waals surface area contributed by atoms with Crippen LogP contribution in [0.4, 0.5) is 24.7 Å². The number of nitrogens with one attached hydrogen (secondary N) is 2. The van der Waals surface area contributed by atoms with E-state index in [0.717, 1.165) is 12.1 Å². The lowest BCUT2D eigenvalue weighted by Crippen LogP contribution is -2.17. The number of hydrogen-bond acceptors (Lipinski definition) is 4. The first-order valence-corrected chi connectivity index (χ1v) is 7.33. The summed E-state index contributed by atoms with van der Waals surface area (Å²) in [7, 11) is 0. The molecule has 5 nitrogen and oxygen atoms in total. The highest BCUT2D eigenvalue weighted by atomic mass is 35.5. The van der Waals surface area contributed by atoms with Crippen molar-refractivity contribution in [2.24, 2.45) is 0 Å². The van der Waals surface area contributed by atoms with Crippen LogP contribution in [0.15, 0.2) is 30.3 Å². The Morgan fingerprint density at radius 2 is 1.88 bits per heavy atom. The number of carbonyl (C=O) groups is 1. The van der Waals surface area contributed by atoms with Crippen LogP contribution >= 0.6 is 11.6 Å². The summed E-state index contributed by atoms with van der Waals surface area (Å²) in [5, 5.41) is 12.5. The molecule has 0 radical (unpaired) electrons. The highest BCUT2D eigenvalue weighted by molar-refractivity contribution is 6.31. The molecular formula is C15H14ClF3N4O. The van der Waals surface area contributed by atoms with Crippen molar-refractivity contribution in [2.45, 2.75) is 26.1 Å². The summed E-state index contributed by atoms with van der Waals surface area (Å²) in [6.07, 6.45) is -4.61. The fraction of sp³-hybridized carbons (Fsp3) is 0.267. The Morgan fingerprint density at radius 3 is 2.42 bits per heavy atom. The van der Waals surface area contributed by atoms with Crippen LogP contribution < -0.4 is 10.6 Å². The van der Waals surface area contributed by atoms with Gasteiger partial charge in [0.05, 0.1) is 10.6 Å². The van der Waals surface area contributed by atoms with Gasteiger partial charge in [-0.05, 0) is 44.2 Å². The molecule has 0 unspecified atom stereocenters. The highest BCUT2D eigenvalue weighted by Crippen LogP contribution is 2.36. The lowest BCUT2D eigenvalue weighted by atomic mass is 10.2. The fourth-order valence-electron chi connectivity index (χ4n) is 1.84. The average molecular weight is 359 g/mol. The molecule has 0 aliphatic heterocycles. The number of rotatable bonds is 4. The van der Waals surface area contributed by atoms with Crippen LogP contribution in [-0.4, -0.2) is 22.1 Å². The van der Waals surface area contributed by atoms with E-state index in [1.807, 2.05) is 13.8 Å². The second-order valence-corrected chi connectivity index (χ2v) is 5.66. The van der Waals surface area contributed by atoms with Crippen LogP contribution in [-0.2, 0) is 6.18 Å². The van der Waals surface area contributed by atoms with E-state index in [1.54, 1.807) is 6.07 Å². The first kappa shape index (κ1) is 18.0. The third kappa shape index (κ3) is 4.58. The molecule has 0 aliphatic carbocycles. The number of benzene rings is 1. The molecule has 2 aromatic rings. The molecule has 24 heavy (non-hydrogen) atoms. The summed E-state index contributed by atoms with van der Waals surface area (Å²) in [5.74, 6) is -0.179. The zero-order valence-electron chi connectivity index (χ0n) is 12.8. The summed E-state index contributed by atoms with van der Waals surface area (Å²) in [4.78, 5) is 12.0. The van der Waals surface area contributed by atoms with E-state index in [1.165, 1.54) is 12.1 Å². The Labute approximate surface area is 141 Å². The van der Waals surface area contributed by atoms with Gasteiger partial charge in [-0.2, -0.15) is 13.2 Å². The van der Waals surface area contributed by atoms with Gasteiger partial charge < -0.3 is 10.6 Å². The molecule has 0 fully saturated rings. The zero-order valence-corrected chi connectivity index (χ0v) is 13.5. The van der Waals surface area contributed by atoms with Crippen molar-refractivity contribution in [3.8, 4) is 0 Å². The number of carbonyl (C=O) groups excluding carboxylic acids is 1. The third-order valence-electron chi connectivity index (χ3n) is 2.86. The van der Waals surface area contributed by atoms with Crippen LogP contribution in [0.25, 0.3) is 0 Å². The van der Waals surface area contributed by atoms with Crippen LogP contribution in [0.1, 0.15) is 29.9 Å². The fourth-order valence-corrected chi connectivity index (χ4v) is 2.07. The van der Waals surface area contributed by atoms with Crippen molar-refractivity contribution >= 4 is 29.0 Å². The predicted molar refractivity (Wildman–Crippen MR) is 85.2 cm³/mol. The topological polar surface area (TPSA) is 66.9 Å². The highest BCUT2D eigenvalue weighted by Gasteiger charge is 2.33. The molecule has 2 rings (SSSR count). The van der Waals surface area contributed by atoms with Crippen LogP contribution in [0.3, 0.4) is 0 Å². The molecule has 1 heterocycles. The van der Waals surface area contributed by atoms with Crippen molar-refractivity contribution in [3.63, 3.8) is 0 Å². The largest absolute Gasteiger partial charge is 0.417 e. The van der Waals surface area contributed by atoms with E-state index >= 15 is 0 Å². The van der Waals surface area contributed by atoms with Gasteiger partial charge in [-0.15, -0.1) is 10.2 Å². The number of nitrogens with zero attached hydrogens (tertiary/aromatic N) is 2. The minimum absolute atomic E-state index is 0.0205. The van der Waals surface area contributed by atoms with Crippen molar-refractivity contribution in [3.05, 3.63) is 46.6 Å². The SMILES string of the molecule is CC(C)Nc1ccc(C(=O)Nc2ccc(Cl)c(C(F)(F)F)c2)nn1. The molecule has 0 saturated heterocycles. The molecule has 0 atom stereocenters. The van der Waals surface area contributed by atoms with Gasteiger partial charge in [0.2, 0.25) is 0 Å². The molecule has 0 spiro atoms. The van der Waals surface area contributed by atoms with Crippen molar-refractivity contribution < 1.29 is 18.0 Å². The van der Waals surface area contributed by atoms with Gasteiger partial charge in [0.25, 0.3) is 5.91 Å². The van der Waals surface area contributed by atoms with E-state index in [-0.39, 0.29) is 17.4 Å². The van der Waals surface area contributed by atoms with Gasteiger partial charge in [-0.1, -0.05) is 11.6 Å². The minimum atomic E-state index is -4.61. The van der Waals surface area contributed by atoms with Crippen molar-refractivity contribution in [2.75, 3.05) is 10.6 Å². The number of alkyl halides is 3. The Kier molecular flexibility index (Phi) is 5.28. The maximum Gasteiger partial charge on any atom is 0.417 e. The number of aromatic nitrogens is 2. The number of halogens is 4. The Hall–Kier alpha value is -2.35. The Morgan fingerprint density at radius 1 is 1.17 bits per heavy atom. The molecule has 0 aliphatic rings.